The summed E-state index contributed by atoms with van der Waals surface area (Å²) >= 11 is 0. The van der Waals surface area contributed by atoms with Gasteiger partial charge >= 0.3 is 5.97 Å². The molecule has 136 valence electrons. The molecule has 0 aromatic rings. The Morgan fingerprint density at radius 2 is 1.79 bits per heavy atom. The second-order valence-electron chi connectivity index (χ2n) is 8.17. The van der Waals surface area contributed by atoms with Crippen molar-refractivity contribution in [2.75, 3.05) is 37.7 Å². The first kappa shape index (κ1) is 16.8. The van der Waals surface area contributed by atoms with Crippen LogP contribution in [0.2, 0.25) is 0 Å². The Morgan fingerprint density at radius 3 is 2.54 bits per heavy atom. The number of carbonyl (C=O) groups excluding carboxylic acids is 1. The van der Waals surface area contributed by atoms with Crippen molar-refractivity contribution in [1.82, 2.24) is 4.90 Å². The molecule has 1 heterocycles. The molecule has 4 aliphatic carbocycles. The standard InChI is InChI=1S/C17H27NO5S/c19-16-13-8-11-7-12(10-13)15(14(16)9-11)17(20)23-4-1-18-2-5-24(21,22)6-3-18/h11-16,19H,1-10H2. The molecule has 0 radical (unpaired) electrons. The van der Waals surface area contributed by atoms with Gasteiger partial charge in [0.15, 0.2) is 9.84 Å². The molecule has 1 aliphatic heterocycles. The van der Waals surface area contributed by atoms with Gasteiger partial charge < -0.3 is 9.84 Å². The van der Waals surface area contributed by atoms with Crippen molar-refractivity contribution in [2.24, 2.45) is 29.6 Å². The maximum Gasteiger partial charge on any atom is 0.309 e. The van der Waals surface area contributed by atoms with Crippen LogP contribution in [0, 0.1) is 29.6 Å². The molecule has 6 nitrogen and oxygen atoms in total. The molecule has 5 fully saturated rings. The molecule has 7 heteroatoms. The van der Waals surface area contributed by atoms with Crippen LogP contribution in [0.3, 0.4) is 0 Å². The average Bonchev–Trinajstić information content (AvgIpc) is 2.53. The molecule has 0 amide bonds. The lowest BCUT2D eigenvalue weighted by Gasteiger charge is -2.55. The van der Waals surface area contributed by atoms with Gasteiger partial charge in [-0.3, -0.25) is 9.69 Å². The molecule has 0 aromatic heterocycles. The minimum absolute atomic E-state index is 0.0916. The maximum atomic E-state index is 12.6. The highest BCUT2D eigenvalue weighted by molar-refractivity contribution is 7.91. The molecular formula is C17H27NO5S. The van der Waals surface area contributed by atoms with Crippen LogP contribution in [-0.4, -0.2) is 68.2 Å². The summed E-state index contributed by atoms with van der Waals surface area (Å²) in [7, 11) is -2.87. The summed E-state index contributed by atoms with van der Waals surface area (Å²) in [5.74, 6) is 1.69. The second-order valence-corrected chi connectivity index (χ2v) is 10.5. The molecule has 0 spiro atoms. The third kappa shape index (κ3) is 3.10. The Kier molecular flexibility index (Phi) is 4.37. The van der Waals surface area contributed by atoms with Gasteiger partial charge in [-0.25, -0.2) is 8.42 Å². The molecule has 0 aromatic carbocycles. The van der Waals surface area contributed by atoms with E-state index in [2.05, 4.69) is 0 Å². The molecule has 24 heavy (non-hydrogen) atoms. The van der Waals surface area contributed by atoms with E-state index in [9.17, 15) is 18.3 Å². The summed E-state index contributed by atoms with van der Waals surface area (Å²) in [4.78, 5) is 14.6. The number of aliphatic hydroxyl groups is 1. The average molecular weight is 357 g/mol. The summed E-state index contributed by atoms with van der Waals surface area (Å²) in [6.07, 6.45) is 3.86. The summed E-state index contributed by atoms with van der Waals surface area (Å²) in [6, 6.07) is 0. The Labute approximate surface area is 143 Å². The maximum absolute atomic E-state index is 12.6. The van der Waals surface area contributed by atoms with Gasteiger partial charge in [0.25, 0.3) is 0 Å². The Morgan fingerprint density at radius 1 is 1.08 bits per heavy atom. The molecule has 5 aliphatic rings. The van der Waals surface area contributed by atoms with Gasteiger partial charge in [-0.05, 0) is 49.4 Å². The van der Waals surface area contributed by atoms with E-state index in [0.29, 0.717) is 44.0 Å². The van der Waals surface area contributed by atoms with Crippen LogP contribution in [0.5, 0.6) is 0 Å². The predicted octanol–water partition coefficient (Wildman–Crippen LogP) is 0.303. The van der Waals surface area contributed by atoms with Crippen molar-refractivity contribution in [1.29, 1.82) is 0 Å². The normalized spacial score (nSPS) is 43.7. The summed E-state index contributed by atoms with van der Waals surface area (Å²) < 4.78 is 28.4. The van der Waals surface area contributed by atoms with E-state index in [1.807, 2.05) is 4.90 Å². The topological polar surface area (TPSA) is 83.9 Å². The minimum Gasteiger partial charge on any atom is -0.464 e. The minimum atomic E-state index is -2.87. The quantitative estimate of drug-likeness (QED) is 0.729. The first-order chi connectivity index (χ1) is 11.4. The second kappa shape index (κ2) is 6.25. The van der Waals surface area contributed by atoms with Crippen LogP contribution in [0.4, 0.5) is 0 Å². The molecule has 5 rings (SSSR count). The van der Waals surface area contributed by atoms with Crippen molar-refractivity contribution in [3.8, 4) is 0 Å². The van der Waals surface area contributed by atoms with E-state index in [1.165, 1.54) is 0 Å². The van der Waals surface area contributed by atoms with E-state index < -0.39 is 9.84 Å². The summed E-state index contributed by atoms with van der Waals surface area (Å²) in [6.45, 7) is 1.96. The largest absolute Gasteiger partial charge is 0.464 e. The molecule has 1 saturated heterocycles. The Hall–Kier alpha value is -0.660. The monoisotopic (exact) mass is 357 g/mol. The van der Waals surface area contributed by atoms with Gasteiger partial charge in [-0.15, -0.1) is 0 Å². The summed E-state index contributed by atoms with van der Waals surface area (Å²) in [5, 5.41) is 10.5. The van der Waals surface area contributed by atoms with E-state index in [4.69, 9.17) is 4.74 Å². The number of hydrogen-bond donors (Lipinski definition) is 1. The van der Waals surface area contributed by atoms with Crippen molar-refractivity contribution in [3.05, 3.63) is 0 Å². The van der Waals surface area contributed by atoms with Crippen molar-refractivity contribution in [3.63, 3.8) is 0 Å². The molecule has 6 atom stereocenters. The molecule has 6 unspecified atom stereocenters. The molecule has 4 bridgehead atoms. The lowest BCUT2D eigenvalue weighted by molar-refractivity contribution is -0.177. The zero-order chi connectivity index (χ0) is 16.9. The smallest absolute Gasteiger partial charge is 0.309 e. The van der Waals surface area contributed by atoms with Gasteiger partial charge in [0.1, 0.15) is 6.61 Å². The van der Waals surface area contributed by atoms with Gasteiger partial charge in [0, 0.05) is 19.6 Å². The molecular weight excluding hydrogens is 330 g/mol. The number of esters is 1. The highest BCUT2D eigenvalue weighted by atomic mass is 32.2. The van der Waals surface area contributed by atoms with Gasteiger partial charge in [0.2, 0.25) is 0 Å². The first-order valence-corrected chi connectivity index (χ1v) is 11.0. The SMILES string of the molecule is O=C(OCCN1CCS(=O)(=O)CC1)C1C2CC3CC(C2)C(O)C1C3. The zero-order valence-electron chi connectivity index (χ0n) is 14.0. The van der Waals surface area contributed by atoms with E-state index in [0.717, 1.165) is 25.7 Å². The van der Waals surface area contributed by atoms with Crippen molar-refractivity contribution >= 4 is 15.8 Å². The highest BCUT2D eigenvalue weighted by Gasteiger charge is 2.55. The van der Waals surface area contributed by atoms with Crippen LogP contribution in [-0.2, 0) is 19.4 Å². The third-order valence-electron chi connectivity index (χ3n) is 6.73. The molecule has 4 saturated carbocycles. The van der Waals surface area contributed by atoms with Crippen LogP contribution in [0.25, 0.3) is 0 Å². The molecule has 1 N–H and O–H groups in total. The van der Waals surface area contributed by atoms with Gasteiger partial charge in [0.05, 0.1) is 23.5 Å². The number of carbonyl (C=O) groups is 1. The number of ether oxygens (including phenoxy) is 1. The number of nitrogens with zero attached hydrogens (tertiary/aromatic N) is 1. The summed E-state index contributed by atoms with van der Waals surface area (Å²) in [5.41, 5.74) is 0. The van der Waals surface area contributed by atoms with Gasteiger partial charge in [-0.1, -0.05) is 0 Å². The lowest BCUT2D eigenvalue weighted by atomic mass is 9.50. The number of rotatable bonds is 4. The fourth-order valence-corrected chi connectivity index (χ4v) is 6.87. The van der Waals surface area contributed by atoms with Crippen LogP contribution in [0.15, 0.2) is 0 Å². The van der Waals surface area contributed by atoms with E-state index in [1.54, 1.807) is 0 Å². The first-order valence-electron chi connectivity index (χ1n) is 9.20. The predicted molar refractivity (Wildman–Crippen MR) is 88.0 cm³/mol. The van der Waals surface area contributed by atoms with Crippen molar-refractivity contribution < 1.29 is 23.1 Å². The van der Waals surface area contributed by atoms with Gasteiger partial charge in [-0.2, -0.15) is 0 Å². The van der Waals surface area contributed by atoms with E-state index >= 15 is 0 Å². The number of hydrogen-bond acceptors (Lipinski definition) is 6. The van der Waals surface area contributed by atoms with E-state index in [-0.39, 0.29) is 35.4 Å². The number of aliphatic hydroxyl groups excluding tert-OH is 1. The third-order valence-corrected chi connectivity index (χ3v) is 8.34. The fraction of sp³-hybridized carbons (Fsp3) is 0.941. The van der Waals surface area contributed by atoms with Crippen LogP contribution in [0.1, 0.15) is 25.7 Å². The fourth-order valence-electron chi connectivity index (χ4n) is 5.59. The number of sulfone groups is 1. The van der Waals surface area contributed by atoms with Crippen LogP contribution >= 0.6 is 0 Å². The van der Waals surface area contributed by atoms with Crippen LogP contribution < -0.4 is 0 Å². The Bertz CT molecular complexity index is 592. The highest BCUT2D eigenvalue weighted by Crippen LogP contribution is 2.56. The Balaban J connectivity index is 1.28. The lowest BCUT2D eigenvalue weighted by Crippen LogP contribution is -2.56. The zero-order valence-corrected chi connectivity index (χ0v) is 14.8. The van der Waals surface area contributed by atoms with Crippen molar-refractivity contribution in [2.45, 2.75) is 31.8 Å².